The van der Waals surface area contributed by atoms with Gasteiger partial charge in [0.25, 0.3) is 10.0 Å². The fourth-order valence-corrected chi connectivity index (χ4v) is 4.66. The molecule has 0 radical (unpaired) electrons. The molecule has 1 N–H and O–H groups in total. The molecule has 9 heteroatoms. The Hall–Kier alpha value is -3.56. The van der Waals surface area contributed by atoms with Gasteiger partial charge < -0.3 is 19.5 Å². The van der Waals surface area contributed by atoms with Crippen LogP contribution in [0.2, 0.25) is 0 Å². The molecule has 0 aliphatic heterocycles. The summed E-state index contributed by atoms with van der Waals surface area (Å²) >= 11 is 0. The number of nitrogens with one attached hydrogen (secondary N) is 1. The van der Waals surface area contributed by atoms with E-state index >= 15 is 0 Å². The van der Waals surface area contributed by atoms with Crippen molar-refractivity contribution in [2.75, 3.05) is 38.2 Å². The van der Waals surface area contributed by atoms with Crippen LogP contribution in [0.1, 0.15) is 5.56 Å². The van der Waals surface area contributed by atoms with Gasteiger partial charge >= 0.3 is 0 Å². The number of nitrogens with zero attached hydrogens (tertiary/aromatic N) is 1. The summed E-state index contributed by atoms with van der Waals surface area (Å²) in [5.74, 6) is 0.337. The lowest BCUT2D eigenvalue weighted by atomic mass is 10.2. The number of carbonyl (C=O) groups excluding carboxylic acids is 1. The minimum Gasteiger partial charge on any atom is -0.493 e. The summed E-state index contributed by atoms with van der Waals surface area (Å²) in [6.07, 6.45) is 0. The van der Waals surface area contributed by atoms with Gasteiger partial charge in [-0.1, -0.05) is 48.5 Å². The molecule has 0 saturated heterocycles. The summed E-state index contributed by atoms with van der Waals surface area (Å²) in [5.41, 5.74) is 1.30. The van der Waals surface area contributed by atoms with E-state index in [0.717, 1.165) is 9.87 Å². The van der Waals surface area contributed by atoms with E-state index in [0.29, 0.717) is 24.7 Å². The van der Waals surface area contributed by atoms with Crippen LogP contribution in [0.5, 0.6) is 11.5 Å². The molecular weight excluding hydrogens is 456 g/mol. The predicted molar refractivity (Wildman–Crippen MR) is 130 cm³/mol. The van der Waals surface area contributed by atoms with Crippen molar-refractivity contribution in [2.45, 2.75) is 11.5 Å². The first-order valence-electron chi connectivity index (χ1n) is 10.6. The van der Waals surface area contributed by atoms with Gasteiger partial charge in [-0.05, 0) is 29.8 Å². The highest BCUT2D eigenvalue weighted by molar-refractivity contribution is 7.92. The fraction of sp³-hybridized carbons (Fsp3) is 0.240. The fourth-order valence-electron chi connectivity index (χ4n) is 3.23. The molecule has 3 aromatic rings. The number of ether oxygens (including phenoxy) is 3. The van der Waals surface area contributed by atoms with E-state index in [1.54, 1.807) is 30.3 Å². The van der Waals surface area contributed by atoms with Crippen LogP contribution in [0.15, 0.2) is 83.8 Å². The molecule has 3 aromatic carbocycles. The summed E-state index contributed by atoms with van der Waals surface area (Å²) in [6, 6.07) is 22.3. The average molecular weight is 485 g/mol. The van der Waals surface area contributed by atoms with E-state index in [-0.39, 0.29) is 17.1 Å². The molecule has 0 bridgehead atoms. The number of hydrogen-bond donors (Lipinski definition) is 1. The number of carbonyl (C=O) groups is 1. The minimum absolute atomic E-state index is 0.0729. The number of benzene rings is 3. The minimum atomic E-state index is -4.02. The van der Waals surface area contributed by atoms with Crippen molar-refractivity contribution < 1.29 is 27.4 Å². The van der Waals surface area contributed by atoms with Crippen molar-refractivity contribution in [3.05, 3.63) is 84.4 Å². The van der Waals surface area contributed by atoms with Crippen LogP contribution in [-0.2, 0) is 26.2 Å². The van der Waals surface area contributed by atoms with E-state index < -0.39 is 22.5 Å². The van der Waals surface area contributed by atoms with Gasteiger partial charge in [0.05, 0.1) is 38.0 Å². The van der Waals surface area contributed by atoms with Gasteiger partial charge in [0, 0.05) is 12.6 Å². The van der Waals surface area contributed by atoms with E-state index in [9.17, 15) is 13.2 Å². The van der Waals surface area contributed by atoms with Crippen LogP contribution in [0.4, 0.5) is 5.69 Å². The maximum Gasteiger partial charge on any atom is 0.264 e. The monoisotopic (exact) mass is 484 g/mol. The molecule has 0 spiro atoms. The molecule has 0 aliphatic carbocycles. The SMILES string of the molecule is COc1ccc(N(CC(=O)NCCOCc2ccccc2)S(=O)(=O)c2ccccc2)cc1OC. The number of methoxy groups -OCH3 is 2. The Bertz CT molecular complexity index is 1170. The van der Waals surface area contributed by atoms with Gasteiger partial charge in [-0.15, -0.1) is 0 Å². The number of amides is 1. The second kappa shape index (κ2) is 12.1. The normalized spacial score (nSPS) is 11.0. The first-order chi connectivity index (χ1) is 16.5. The van der Waals surface area contributed by atoms with Gasteiger partial charge in [0.2, 0.25) is 5.91 Å². The van der Waals surface area contributed by atoms with Gasteiger partial charge in [0.1, 0.15) is 6.54 Å². The molecule has 0 heterocycles. The molecule has 3 rings (SSSR count). The van der Waals surface area contributed by atoms with Crippen molar-refractivity contribution >= 4 is 21.6 Å². The lowest BCUT2D eigenvalue weighted by Crippen LogP contribution is -2.41. The molecular formula is C25H28N2O6S. The Morgan fingerprint density at radius 1 is 0.882 bits per heavy atom. The predicted octanol–water partition coefficient (Wildman–Crippen LogP) is 3.23. The molecule has 0 aromatic heterocycles. The van der Waals surface area contributed by atoms with E-state index in [1.165, 1.54) is 32.4 Å². The Labute approximate surface area is 200 Å². The van der Waals surface area contributed by atoms with Gasteiger partial charge in [-0.3, -0.25) is 9.10 Å². The van der Waals surface area contributed by atoms with E-state index in [4.69, 9.17) is 14.2 Å². The van der Waals surface area contributed by atoms with Crippen molar-refractivity contribution in [3.8, 4) is 11.5 Å². The first-order valence-corrected chi connectivity index (χ1v) is 12.1. The van der Waals surface area contributed by atoms with Crippen molar-refractivity contribution in [1.29, 1.82) is 0 Å². The van der Waals surface area contributed by atoms with Crippen LogP contribution in [0, 0.1) is 0 Å². The topological polar surface area (TPSA) is 94.2 Å². The third kappa shape index (κ3) is 6.49. The molecule has 0 aliphatic rings. The van der Waals surface area contributed by atoms with E-state index in [1.807, 2.05) is 30.3 Å². The molecule has 34 heavy (non-hydrogen) atoms. The average Bonchev–Trinajstić information content (AvgIpc) is 2.87. The zero-order chi connectivity index (χ0) is 24.4. The Morgan fingerprint density at radius 2 is 1.53 bits per heavy atom. The maximum atomic E-state index is 13.4. The van der Waals surface area contributed by atoms with Crippen LogP contribution in [0.3, 0.4) is 0 Å². The summed E-state index contributed by atoms with van der Waals surface area (Å²) in [7, 11) is -1.07. The molecule has 8 nitrogen and oxygen atoms in total. The van der Waals surface area contributed by atoms with Gasteiger partial charge in [-0.25, -0.2) is 8.42 Å². The molecule has 180 valence electrons. The molecule has 0 fully saturated rings. The van der Waals surface area contributed by atoms with Gasteiger partial charge in [-0.2, -0.15) is 0 Å². The lowest BCUT2D eigenvalue weighted by molar-refractivity contribution is -0.119. The highest BCUT2D eigenvalue weighted by atomic mass is 32.2. The highest BCUT2D eigenvalue weighted by Crippen LogP contribution is 2.33. The Balaban J connectivity index is 1.72. The molecule has 1 amide bonds. The van der Waals surface area contributed by atoms with Crippen molar-refractivity contribution in [2.24, 2.45) is 0 Å². The van der Waals surface area contributed by atoms with Crippen molar-refractivity contribution in [3.63, 3.8) is 0 Å². The lowest BCUT2D eigenvalue weighted by Gasteiger charge is -2.25. The number of sulfonamides is 1. The molecule has 0 atom stereocenters. The molecule has 0 saturated carbocycles. The third-order valence-corrected chi connectivity index (χ3v) is 6.74. The highest BCUT2D eigenvalue weighted by Gasteiger charge is 2.28. The maximum absolute atomic E-state index is 13.4. The van der Waals surface area contributed by atoms with Crippen LogP contribution < -0.4 is 19.1 Å². The quantitative estimate of drug-likeness (QED) is 0.397. The molecule has 0 unspecified atom stereocenters. The van der Waals surface area contributed by atoms with Gasteiger partial charge in [0.15, 0.2) is 11.5 Å². The summed E-state index contributed by atoms with van der Waals surface area (Å²) in [5, 5.41) is 2.72. The number of hydrogen-bond acceptors (Lipinski definition) is 6. The zero-order valence-electron chi connectivity index (χ0n) is 19.1. The first kappa shape index (κ1) is 25.1. The smallest absolute Gasteiger partial charge is 0.264 e. The second-order valence-corrected chi connectivity index (χ2v) is 9.11. The Kier molecular flexibility index (Phi) is 8.89. The largest absolute Gasteiger partial charge is 0.493 e. The summed E-state index contributed by atoms with van der Waals surface area (Å²) in [6.45, 7) is 0.557. The van der Waals surface area contributed by atoms with Crippen molar-refractivity contribution in [1.82, 2.24) is 5.32 Å². The third-order valence-electron chi connectivity index (χ3n) is 4.95. The summed E-state index contributed by atoms with van der Waals surface area (Å²) < 4.78 is 44.0. The van der Waals surface area contributed by atoms with Crippen LogP contribution >= 0.6 is 0 Å². The summed E-state index contributed by atoms with van der Waals surface area (Å²) in [4.78, 5) is 12.8. The van der Waals surface area contributed by atoms with Crippen LogP contribution in [-0.4, -0.2) is 48.2 Å². The standard InChI is InChI=1S/C25H28N2O6S/c1-31-23-14-13-21(17-24(23)32-2)27(34(29,30)22-11-7-4-8-12-22)18-25(28)26-15-16-33-19-20-9-5-3-6-10-20/h3-14,17H,15-16,18-19H2,1-2H3,(H,26,28). The number of anilines is 1. The van der Waals surface area contributed by atoms with E-state index in [2.05, 4.69) is 5.32 Å². The second-order valence-electron chi connectivity index (χ2n) is 7.25. The Morgan fingerprint density at radius 3 is 2.18 bits per heavy atom. The number of rotatable bonds is 12. The zero-order valence-corrected chi connectivity index (χ0v) is 20.0. The van der Waals surface area contributed by atoms with Crippen LogP contribution in [0.25, 0.3) is 0 Å².